The number of fused-ring (bicyclic) bond motifs is 1. The lowest BCUT2D eigenvalue weighted by Crippen LogP contribution is -2.10. The molecule has 6 nitrogen and oxygen atoms in total. The molecule has 3 heterocycles. The number of hydrogen-bond donors (Lipinski definition) is 1. The molecule has 0 spiro atoms. The summed E-state index contributed by atoms with van der Waals surface area (Å²) in [6.07, 6.45) is -4.38. The van der Waals surface area contributed by atoms with Crippen molar-refractivity contribution in [2.45, 2.75) is 19.5 Å². The summed E-state index contributed by atoms with van der Waals surface area (Å²) in [7, 11) is 0. The van der Waals surface area contributed by atoms with Crippen LogP contribution in [0, 0.1) is 6.92 Å². The van der Waals surface area contributed by atoms with E-state index in [-0.39, 0.29) is 29.0 Å². The van der Waals surface area contributed by atoms with Crippen molar-refractivity contribution in [3.8, 4) is 0 Å². The van der Waals surface area contributed by atoms with Crippen LogP contribution >= 0.6 is 0 Å². The first-order valence-electron chi connectivity index (χ1n) is 6.26. The highest BCUT2D eigenvalue weighted by Crippen LogP contribution is 2.29. The molecule has 0 saturated carbocycles. The van der Waals surface area contributed by atoms with E-state index in [4.69, 9.17) is 5.73 Å². The minimum Gasteiger partial charge on any atom is -0.396 e. The molecule has 3 aromatic rings. The Balaban J connectivity index is 2.03. The second-order valence-electron chi connectivity index (χ2n) is 4.71. The number of aryl methyl sites for hydroxylation is 1. The van der Waals surface area contributed by atoms with Crippen LogP contribution in [-0.4, -0.2) is 20.3 Å². The number of nitrogens with two attached hydrogens (primary N) is 1. The number of halogens is 3. The van der Waals surface area contributed by atoms with E-state index in [1.807, 2.05) is 0 Å². The largest absolute Gasteiger partial charge is 0.433 e. The van der Waals surface area contributed by atoms with Gasteiger partial charge in [0.2, 0.25) is 5.65 Å². The van der Waals surface area contributed by atoms with Crippen molar-refractivity contribution in [2.75, 3.05) is 5.73 Å². The third-order valence-corrected chi connectivity index (χ3v) is 3.22. The van der Waals surface area contributed by atoms with Crippen molar-refractivity contribution >= 4 is 16.9 Å². The summed E-state index contributed by atoms with van der Waals surface area (Å²) in [5, 5.41) is 7.24. The third kappa shape index (κ3) is 2.45. The van der Waals surface area contributed by atoms with E-state index in [2.05, 4.69) is 24.9 Å². The summed E-state index contributed by atoms with van der Waals surface area (Å²) in [5.74, 6) is 0. The van der Waals surface area contributed by atoms with Gasteiger partial charge in [0.1, 0.15) is 5.69 Å². The lowest BCUT2D eigenvalue weighted by molar-refractivity contribution is -0.141. The lowest BCUT2D eigenvalue weighted by atomic mass is 10.0. The fourth-order valence-electron chi connectivity index (χ4n) is 2.13. The molecule has 0 amide bonds. The van der Waals surface area contributed by atoms with Gasteiger partial charge in [0, 0.05) is 23.4 Å². The summed E-state index contributed by atoms with van der Waals surface area (Å²) < 4.78 is 42.7. The predicted octanol–water partition coefficient (Wildman–Crippen LogP) is 2.51. The van der Waals surface area contributed by atoms with Crippen LogP contribution in [0.15, 0.2) is 22.8 Å². The van der Waals surface area contributed by atoms with Crippen LogP contribution in [0.5, 0.6) is 0 Å². The number of hydrogen-bond acceptors (Lipinski definition) is 6. The van der Waals surface area contributed by atoms with E-state index >= 15 is 0 Å². The van der Waals surface area contributed by atoms with Crippen LogP contribution in [0.25, 0.3) is 11.2 Å². The van der Waals surface area contributed by atoms with Crippen molar-refractivity contribution in [3.05, 3.63) is 40.8 Å². The quantitative estimate of drug-likeness (QED) is 0.782. The fraction of sp³-hybridized carbons (Fsp3) is 0.231. The van der Waals surface area contributed by atoms with Gasteiger partial charge in [-0.15, -0.1) is 0 Å². The molecule has 2 N–H and O–H groups in total. The molecule has 0 aromatic carbocycles. The highest BCUT2D eigenvalue weighted by molar-refractivity contribution is 5.85. The van der Waals surface area contributed by atoms with Gasteiger partial charge in [-0.2, -0.15) is 13.2 Å². The number of anilines is 1. The Labute approximate surface area is 122 Å². The molecule has 0 bridgehead atoms. The minimum atomic E-state index is -4.49. The summed E-state index contributed by atoms with van der Waals surface area (Å²) in [5.41, 5.74) is 7.19. The van der Waals surface area contributed by atoms with E-state index < -0.39 is 11.9 Å². The third-order valence-electron chi connectivity index (χ3n) is 3.22. The Kier molecular flexibility index (Phi) is 3.19. The monoisotopic (exact) mass is 309 g/mol. The van der Waals surface area contributed by atoms with Gasteiger partial charge in [-0.25, -0.2) is 14.6 Å². The maximum atomic E-state index is 12.7. The summed E-state index contributed by atoms with van der Waals surface area (Å²) >= 11 is 0. The smallest absolute Gasteiger partial charge is 0.396 e. The molecule has 3 rings (SSSR count). The Morgan fingerprint density at radius 1 is 1.18 bits per heavy atom. The van der Waals surface area contributed by atoms with Crippen LogP contribution in [0.2, 0.25) is 0 Å². The van der Waals surface area contributed by atoms with Crippen molar-refractivity contribution in [1.29, 1.82) is 0 Å². The SMILES string of the molecule is Cc1nc2nonc2c(N)c1Cc1cccc(C(F)(F)F)n1. The van der Waals surface area contributed by atoms with Crippen molar-refractivity contribution in [1.82, 2.24) is 20.3 Å². The Bertz CT molecular complexity index is 843. The number of pyridine rings is 2. The number of aromatic nitrogens is 4. The van der Waals surface area contributed by atoms with Crippen molar-refractivity contribution in [2.24, 2.45) is 0 Å². The van der Waals surface area contributed by atoms with E-state index in [9.17, 15) is 13.2 Å². The molecule has 114 valence electrons. The molecule has 0 aliphatic heterocycles. The molecule has 0 fully saturated rings. The fourth-order valence-corrected chi connectivity index (χ4v) is 2.13. The molecule has 0 aliphatic rings. The van der Waals surface area contributed by atoms with Crippen LogP contribution < -0.4 is 5.73 Å². The lowest BCUT2D eigenvalue weighted by Gasteiger charge is -2.10. The first kappa shape index (κ1) is 14.2. The maximum Gasteiger partial charge on any atom is 0.433 e. The Hall–Kier alpha value is -2.71. The highest BCUT2D eigenvalue weighted by atomic mass is 19.4. The zero-order valence-corrected chi connectivity index (χ0v) is 11.3. The number of nitrogens with zero attached hydrogens (tertiary/aromatic N) is 4. The number of nitrogen functional groups attached to an aromatic ring is 1. The standard InChI is InChI=1S/C13H10F3N5O/c1-6-8(10(17)11-12(18-6)21-22-20-11)5-7-3-2-4-9(19-7)13(14,15)16/h2-4H,5,17H2,1H3. The van der Waals surface area contributed by atoms with E-state index in [1.165, 1.54) is 12.1 Å². The molecule has 3 aromatic heterocycles. The first-order valence-corrected chi connectivity index (χ1v) is 6.26. The summed E-state index contributed by atoms with van der Waals surface area (Å²) in [6.45, 7) is 1.69. The molecular weight excluding hydrogens is 299 g/mol. The van der Waals surface area contributed by atoms with Gasteiger partial charge >= 0.3 is 6.18 Å². The molecule has 0 unspecified atom stereocenters. The average Bonchev–Trinajstić information content (AvgIpc) is 2.91. The van der Waals surface area contributed by atoms with Crippen LogP contribution in [0.4, 0.5) is 18.9 Å². The molecule has 0 radical (unpaired) electrons. The van der Waals surface area contributed by atoms with Gasteiger partial charge in [0.05, 0.1) is 5.69 Å². The molecular formula is C13H10F3N5O. The summed E-state index contributed by atoms with van der Waals surface area (Å²) in [6, 6.07) is 3.72. The zero-order chi connectivity index (χ0) is 15.9. The summed E-state index contributed by atoms with van der Waals surface area (Å²) in [4.78, 5) is 7.79. The predicted molar refractivity (Wildman–Crippen MR) is 70.8 cm³/mol. The molecule has 0 saturated heterocycles. The van der Waals surface area contributed by atoms with Crippen LogP contribution in [0.1, 0.15) is 22.6 Å². The number of rotatable bonds is 2. The average molecular weight is 309 g/mol. The van der Waals surface area contributed by atoms with Gasteiger partial charge in [0.25, 0.3) is 0 Å². The van der Waals surface area contributed by atoms with Gasteiger partial charge in [-0.1, -0.05) is 6.07 Å². The Morgan fingerprint density at radius 2 is 1.95 bits per heavy atom. The number of alkyl halides is 3. The Morgan fingerprint density at radius 3 is 2.68 bits per heavy atom. The molecule has 0 aliphatic carbocycles. The van der Waals surface area contributed by atoms with Crippen LogP contribution in [-0.2, 0) is 12.6 Å². The van der Waals surface area contributed by atoms with E-state index in [1.54, 1.807) is 6.92 Å². The van der Waals surface area contributed by atoms with Crippen molar-refractivity contribution in [3.63, 3.8) is 0 Å². The first-order chi connectivity index (χ1) is 10.4. The van der Waals surface area contributed by atoms with E-state index in [0.29, 0.717) is 11.3 Å². The normalized spacial score (nSPS) is 12.0. The highest BCUT2D eigenvalue weighted by Gasteiger charge is 2.32. The minimum absolute atomic E-state index is 0.109. The van der Waals surface area contributed by atoms with Gasteiger partial charge < -0.3 is 5.73 Å². The second kappa shape index (κ2) is 4.93. The molecule has 22 heavy (non-hydrogen) atoms. The second-order valence-corrected chi connectivity index (χ2v) is 4.71. The van der Waals surface area contributed by atoms with Crippen LogP contribution in [0.3, 0.4) is 0 Å². The molecule has 0 atom stereocenters. The van der Waals surface area contributed by atoms with Crippen molar-refractivity contribution < 1.29 is 17.8 Å². The molecule has 9 heteroatoms. The van der Waals surface area contributed by atoms with Gasteiger partial charge in [-0.05, 0) is 29.4 Å². The zero-order valence-electron chi connectivity index (χ0n) is 11.3. The van der Waals surface area contributed by atoms with Gasteiger partial charge in [0.15, 0.2) is 5.52 Å². The maximum absolute atomic E-state index is 12.7. The van der Waals surface area contributed by atoms with Gasteiger partial charge in [-0.3, -0.25) is 0 Å². The topological polar surface area (TPSA) is 90.7 Å². The van der Waals surface area contributed by atoms with E-state index in [0.717, 1.165) is 6.07 Å².